The number of ether oxygens (including phenoxy) is 7. The van der Waals surface area contributed by atoms with Gasteiger partial charge in [0, 0.05) is 84.7 Å². The summed E-state index contributed by atoms with van der Waals surface area (Å²) >= 11 is 0. The van der Waals surface area contributed by atoms with E-state index in [1.807, 2.05) is 58.9 Å². The first-order valence-electron chi connectivity index (χ1n) is 31.3. The molecule has 1 fully saturated rings. The van der Waals surface area contributed by atoms with Crippen LogP contribution in [0.25, 0.3) is 33.4 Å². The second-order valence-corrected chi connectivity index (χ2v) is 32.6. The third-order valence-electron chi connectivity index (χ3n) is 14.6. The van der Waals surface area contributed by atoms with Crippen LogP contribution in [0.2, 0.25) is 0 Å². The average molecular weight is 1510 g/mol. The maximum absolute atomic E-state index is 13.7. The van der Waals surface area contributed by atoms with Crippen LogP contribution in [0.5, 0.6) is 0 Å². The number of rotatable bonds is 42. The van der Waals surface area contributed by atoms with E-state index in [1.165, 1.54) is 44.6 Å². The van der Waals surface area contributed by atoms with Crippen LogP contribution in [0.15, 0.2) is 63.6 Å². The van der Waals surface area contributed by atoms with Crippen molar-refractivity contribution in [3.05, 3.63) is 87.4 Å². The Hall–Kier alpha value is -4.85. The minimum Gasteiger partial charge on any atom is -0.478 e. The number of phosphoric acid groups is 3. The molecule has 98 heavy (non-hydrogen) atoms. The highest BCUT2D eigenvalue weighted by molar-refractivity contribution is 8.77. The van der Waals surface area contributed by atoms with Gasteiger partial charge in [0.1, 0.15) is 41.7 Å². The maximum Gasteiger partial charge on any atom is 0.490 e. The number of carboxylic acids is 1. The number of benzene rings is 3. The Balaban J connectivity index is 0.794. The molecule has 6 atom stereocenters. The largest absolute Gasteiger partial charge is 0.490 e. The summed E-state index contributed by atoms with van der Waals surface area (Å²) in [6.45, 7) is 14.1. The second-order valence-electron chi connectivity index (χ2n) is 22.7. The fourth-order valence-electron chi connectivity index (χ4n) is 9.92. The number of nitrogens with two attached hydrogens (primary N) is 1. The van der Waals surface area contributed by atoms with E-state index in [-0.39, 0.29) is 92.9 Å². The van der Waals surface area contributed by atoms with Crippen molar-refractivity contribution in [2.45, 2.75) is 135 Å². The van der Waals surface area contributed by atoms with E-state index in [2.05, 4.69) is 43.0 Å². The van der Waals surface area contributed by atoms with Crippen LogP contribution in [-0.2, 0) is 71.2 Å². The standard InChI is InChI=1S/C62H86N5O24P3S4/c1-8-15-42-33-51-47(30-40(42)3)57(48-31-41(4)49(64-9-2)34-52(48)88-51)46-32-43(19-20-45(46)59(70)71)50(68)17-14-24-81-28-29-82-27-22-65-61(73)85-26-21-62(5,6)98-97-38-83-23-12-13-25-84-56(69)18-11-10-16-44-36-67(60(72)66-58(44)63)55-35-53(86-39-96-95-7)54(89-55)37-87-93(77,78)91-94(79,80)90-92(74,75)76/h19-20,30-34,36,53-55,58H,8-9,11-15,17-18,21-29,35,37-39,63H2,1-7H3,(H,65,73)(H,66,72)(H,70,71)(H,77,78)(H,79,80)(H2,74,75,76)/t53-,54+,55+,58?/m0/s1. The highest BCUT2D eigenvalue weighted by atomic mass is 33.1. The van der Waals surface area contributed by atoms with Crippen molar-refractivity contribution in [3.63, 3.8) is 0 Å². The Bertz CT molecular complexity index is 3680. The smallest absolute Gasteiger partial charge is 0.478 e. The number of hydrogen-bond acceptors (Lipinski definition) is 25. The first-order valence-corrected chi connectivity index (χ1v) is 40.9. The number of ketones is 1. The quantitative estimate of drug-likeness (QED) is 0.00299. The van der Waals surface area contributed by atoms with Crippen LogP contribution < -0.4 is 21.7 Å². The molecular formula is C62H86N5O24P3S4. The molecule has 3 unspecified atom stereocenters. The van der Waals surface area contributed by atoms with Crippen molar-refractivity contribution in [2.24, 2.45) is 10.7 Å². The van der Waals surface area contributed by atoms with Crippen LogP contribution in [-0.4, -0.2) is 173 Å². The third kappa shape index (κ3) is 27.2. The molecule has 0 saturated carbocycles. The number of nitrogens with zero attached hydrogens (tertiary/aromatic N) is 2. The molecule has 29 nitrogen and oxygen atoms in total. The number of alkyl carbamates (subject to hydrolysis) is 1. The van der Waals surface area contributed by atoms with Gasteiger partial charge in [0.15, 0.2) is 5.78 Å². The van der Waals surface area contributed by atoms with E-state index in [0.717, 1.165) is 50.7 Å². The number of fused-ring (bicyclic) bond motifs is 2. The summed E-state index contributed by atoms with van der Waals surface area (Å²) in [6.07, 6.45) is 2.75. The third-order valence-corrected chi connectivity index (χ3v) is 22.9. The first kappa shape index (κ1) is 82.1. The van der Waals surface area contributed by atoms with Gasteiger partial charge >= 0.3 is 47.5 Å². The van der Waals surface area contributed by atoms with Crippen LogP contribution in [0.3, 0.4) is 0 Å². The summed E-state index contributed by atoms with van der Waals surface area (Å²) in [4.78, 5) is 107. The molecule has 36 heteroatoms. The Morgan fingerprint density at radius 1 is 0.857 bits per heavy atom. The Labute approximate surface area is 584 Å². The van der Waals surface area contributed by atoms with E-state index in [9.17, 15) is 52.6 Å². The predicted octanol–water partition coefficient (Wildman–Crippen LogP) is 10.8. The van der Waals surface area contributed by atoms with Crippen LogP contribution in [0.1, 0.15) is 123 Å². The minimum absolute atomic E-state index is 0.000643. The van der Waals surface area contributed by atoms with Crippen molar-refractivity contribution in [1.82, 2.24) is 15.5 Å². The fourth-order valence-corrected chi connectivity index (χ4v) is 16.0. The van der Waals surface area contributed by atoms with Gasteiger partial charge in [-0.05, 0) is 126 Å². The van der Waals surface area contributed by atoms with E-state index < -0.39 is 78.7 Å². The molecule has 1 aliphatic carbocycles. The van der Waals surface area contributed by atoms with Gasteiger partial charge in [0.2, 0.25) is 0 Å². The van der Waals surface area contributed by atoms with Crippen molar-refractivity contribution < 1.29 is 113 Å². The number of carbonyl (C=O) groups is 5. The molecule has 0 spiro atoms. The number of amides is 3. The summed E-state index contributed by atoms with van der Waals surface area (Å²) in [5, 5.41) is 17.2. The molecule has 6 rings (SSSR count). The topological polar surface area (TPSA) is 409 Å². The molecule has 4 aliphatic rings. The zero-order valence-electron chi connectivity index (χ0n) is 55.4. The molecule has 2 aromatic rings. The number of aryl methyl sites for hydroxylation is 3. The van der Waals surface area contributed by atoms with Crippen molar-refractivity contribution in [1.29, 1.82) is 0 Å². The lowest BCUT2D eigenvalue weighted by molar-refractivity contribution is -0.143. The second kappa shape index (κ2) is 40.1. The average Bonchev–Trinajstić information content (AvgIpc) is 0.924. The van der Waals surface area contributed by atoms with Crippen LogP contribution in [0, 0.1) is 25.7 Å². The van der Waals surface area contributed by atoms with Gasteiger partial charge in [-0.2, -0.15) is 8.62 Å². The summed E-state index contributed by atoms with van der Waals surface area (Å²) in [7, 11) is -11.1. The summed E-state index contributed by atoms with van der Waals surface area (Å²) in [5.41, 5.74) is 12.4. The first-order chi connectivity index (χ1) is 46.5. The molecule has 542 valence electrons. The Kier molecular flexibility index (Phi) is 33.6. The Morgan fingerprint density at radius 3 is 2.33 bits per heavy atom. The number of aromatic carboxylic acids is 1. The van der Waals surface area contributed by atoms with Crippen molar-refractivity contribution in [2.75, 3.05) is 84.1 Å². The molecule has 0 radical (unpaired) electrons. The van der Waals surface area contributed by atoms with Crippen molar-refractivity contribution >= 4 is 107 Å². The zero-order valence-corrected chi connectivity index (χ0v) is 61.4. The minimum atomic E-state index is -5.77. The monoisotopic (exact) mass is 1510 g/mol. The normalized spacial score (nSPS) is 18.0. The van der Waals surface area contributed by atoms with Gasteiger partial charge in [-0.15, -0.1) is 0 Å². The number of urea groups is 1. The number of Topliss-reactive ketones (excluding diaryl/α,β-unsaturated/α-hetero) is 1. The van der Waals surface area contributed by atoms with Crippen molar-refractivity contribution in [3.8, 4) is 34.3 Å². The summed E-state index contributed by atoms with van der Waals surface area (Å²) < 4.78 is 93.3. The zero-order chi connectivity index (χ0) is 71.6. The number of unbranched alkanes of at least 4 members (excludes halogenated alkanes) is 1. The van der Waals surface area contributed by atoms with Crippen LogP contribution >= 0.6 is 66.6 Å². The SMILES string of the molecule is CCCc1cc2oc3cc(=NCC)c(C)cc-3c(-c3cc(C(=O)CCCOCCOCCNC(=O)OCCC(C)(C)SSCOCCCCOC(=O)CCC#CC4=CN([C@H]5C[C@H](OCSSC)[C@@H](COP(=O)(O)OP(=O)(O)OP(=O)(O)O)O5)C(=O)NC4N)ccc3C(=O)O)c2cc1C. The summed E-state index contributed by atoms with van der Waals surface area (Å²) in [5.74, 6) is 5.06. The lowest BCUT2D eigenvalue weighted by Gasteiger charge is -2.32. The lowest BCUT2D eigenvalue weighted by atomic mass is 9.87. The highest BCUT2D eigenvalue weighted by Gasteiger charge is 2.45. The van der Waals surface area contributed by atoms with Crippen LogP contribution in [0.4, 0.5) is 9.59 Å². The van der Waals surface area contributed by atoms with Gasteiger partial charge < -0.3 is 78.6 Å². The molecule has 3 heterocycles. The summed E-state index contributed by atoms with van der Waals surface area (Å²) in [6, 6.07) is 12.0. The van der Waals surface area contributed by atoms with Gasteiger partial charge in [-0.3, -0.25) is 24.0 Å². The van der Waals surface area contributed by atoms with Gasteiger partial charge in [-0.25, -0.2) is 28.1 Å². The Morgan fingerprint density at radius 2 is 1.60 bits per heavy atom. The van der Waals surface area contributed by atoms with Gasteiger partial charge in [-0.1, -0.05) is 74.4 Å². The lowest BCUT2D eigenvalue weighted by Crippen LogP contribution is -2.54. The van der Waals surface area contributed by atoms with Gasteiger partial charge in [0.25, 0.3) is 0 Å². The van der Waals surface area contributed by atoms with E-state index >= 15 is 0 Å². The number of esters is 1. The molecule has 0 aromatic heterocycles. The van der Waals surface area contributed by atoms with Gasteiger partial charge in [0.05, 0.1) is 68.7 Å². The van der Waals surface area contributed by atoms with E-state index in [0.29, 0.717) is 79.4 Å². The molecule has 1 saturated heterocycles. The number of nitrogens with one attached hydrogen (secondary N) is 2. The van der Waals surface area contributed by atoms with E-state index in [1.54, 1.807) is 29.2 Å². The predicted molar refractivity (Wildman–Crippen MR) is 372 cm³/mol. The molecule has 0 bridgehead atoms. The fraction of sp³-hybridized carbons (Fsp3) is 0.548. The molecule has 3 amide bonds. The van der Waals surface area contributed by atoms with E-state index in [4.69, 9.17) is 57.6 Å². The molecule has 9 N–H and O–H groups in total. The molecule has 2 aromatic carbocycles. The number of carboxylic acid groups (broad SMARTS) is 1. The molecule has 3 aliphatic heterocycles. The molecular weight excluding hydrogens is 1420 g/mol. The number of phosphoric ester groups is 1. The number of hydrogen-bond donors (Lipinski definition) is 8. The highest BCUT2D eigenvalue weighted by Crippen LogP contribution is 2.66. The maximum atomic E-state index is 13.7. The number of carbonyl (C=O) groups excluding carboxylic acids is 4.